The van der Waals surface area contributed by atoms with Gasteiger partial charge in [0.2, 0.25) is 0 Å². The van der Waals surface area contributed by atoms with Crippen molar-refractivity contribution in [1.29, 1.82) is 0 Å². The molecule has 0 bridgehead atoms. The average Bonchev–Trinajstić information content (AvgIpc) is 3.11. The molecule has 0 aromatic heterocycles. The second-order valence-electron chi connectivity index (χ2n) is 4.56. The summed E-state index contributed by atoms with van der Waals surface area (Å²) in [7, 11) is 0. The molecule has 0 amide bonds. The van der Waals surface area contributed by atoms with Crippen LogP contribution in [0.2, 0.25) is 0 Å². The van der Waals surface area contributed by atoms with E-state index < -0.39 is 0 Å². The minimum Gasteiger partial charge on any atom is -0.0312 e. The first-order valence-corrected chi connectivity index (χ1v) is 6.47. The van der Waals surface area contributed by atoms with Gasteiger partial charge in [-0.2, -0.15) is 0 Å². The standard InChI is InChI=1S/C10H17O.C5H5.2CO.Mo/c1-8(2)10(11)9-6-4-3-5-7-9;1-2-4-5-3-1;2*1-2;/h3-4,6,8-11H,5,7H2,1-2H3;1-5H;;;/q;;;;+2/t9-,10-;;;;/m1..../s1. The van der Waals surface area contributed by atoms with Gasteiger partial charge in [0.1, 0.15) is 0 Å². The number of aliphatic hydroxyl groups is 1. The molecule has 1 N–H and O–H groups in total. The van der Waals surface area contributed by atoms with Gasteiger partial charge in [-0.25, -0.2) is 0 Å². The number of aliphatic hydroxyl groups excluding tert-OH is 1. The Hall–Kier alpha value is 0.128. The molecule has 2 aliphatic rings. The molecule has 0 aliphatic heterocycles. The molecule has 2 aliphatic carbocycles. The molecular weight excluding hydrogens is 348 g/mol. The SMILES string of the molecule is CC(C)[C@@H](O)[C@@H]1[CH][CH][CH]CC1.[C-]#[O+].[C-]#[O+].[CH]1[CH][CH][CH][CH]1.[Mo+2]. The monoisotopic (exact) mass is 372 g/mol. The van der Waals surface area contributed by atoms with Crippen molar-refractivity contribution in [2.75, 3.05) is 0 Å². The molecule has 0 saturated heterocycles. The largest absolute Gasteiger partial charge is 2.00 e. The third kappa shape index (κ3) is 14.8. The minimum absolute atomic E-state index is 0. The first-order chi connectivity index (χ1) is 9.72. The quantitative estimate of drug-likeness (QED) is 0.454. The van der Waals surface area contributed by atoms with Gasteiger partial charge in [0.25, 0.3) is 0 Å². The molecule has 2 atom stereocenters. The van der Waals surface area contributed by atoms with Crippen molar-refractivity contribution in [3.8, 4) is 0 Å². The van der Waals surface area contributed by atoms with E-state index in [2.05, 4.69) is 46.4 Å². The van der Waals surface area contributed by atoms with Gasteiger partial charge < -0.3 is 5.11 Å². The van der Waals surface area contributed by atoms with Gasteiger partial charge in [0.05, 0.1) is 6.10 Å². The van der Waals surface area contributed by atoms with E-state index in [0.29, 0.717) is 11.8 Å². The van der Waals surface area contributed by atoms with Crippen molar-refractivity contribution in [2.24, 2.45) is 11.8 Å². The maximum absolute atomic E-state index is 9.69. The topological polar surface area (TPSA) is 60.0 Å². The molecule has 3 nitrogen and oxygen atoms in total. The van der Waals surface area contributed by atoms with Crippen molar-refractivity contribution in [2.45, 2.75) is 32.8 Å². The van der Waals surface area contributed by atoms with E-state index in [9.17, 15) is 5.11 Å². The molecule has 0 aromatic rings. The Morgan fingerprint density at radius 3 is 1.67 bits per heavy atom. The van der Waals surface area contributed by atoms with Gasteiger partial charge in [-0.05, 0) is 76.0 Å². The smallest absolute Gasteiger partial charge is 0.0312 e. The second-order valence-corrected chi connectivity index (χ2v) is 4.56. The third-order valence-electron chi connectivity index (χ3n) is 2.84. The van der Waals surface area contributed by atoms with Crippen molar-refractivity contribution < 1.29 is 35.5 Å². The van der Waals surface area contributed by atoms with E-state index in [1.165, 1.54) is 0 Å². The fourth-order valence-corrected chi connectivity index (χ4v) is 1.80. The van der Waals surface area contributed by atoms with Crippen molar-refractivity contribution in [3.63, 3.8) is 0 Å². The molecule has 2 saturated carbocycles. The van der Waals surface area contributed by atoms with Gasteiger partial charge in [-0.1, -0.05) is 13.8 Å². The van der Waals surface area contributed by atoms with Gasteiger partial charge in [-0.15, -0.1) is 0 Å². The normalized spacial score (nSPS) is 18.5. The maximum atomic E-state index is 9.69. The molecule has 2 fully saturated rings. The van der Waals surface area contributed by atoms with Crippen LogP contribution in [0.25, 0.3) is 0 Å². The Morgan fingerprint density at radius 1 is 0.952 bits per heavy atom. The Balaban J connectivity index is -0.000000273. The second kappa shape index (κ2) is 20.1. The van der Waals surface area contributed by atoms with E-state index in [0.717, 1.165) is 12.8 Å². The summed E-state index contributed by atoms with van der Waals surface area (Å²) in [6.07, 6.45) is 18.4. The van der Waals surface area contributed by atoms with Crippen LogP contribution in [0, 0.1) is 76.5 Å². The molecule has 0 unspecified atom stereocenters. The average molecular weight is 370 g/mol. The molecule has 0 spiro atoms. The van der Waals surface area contributed by atoms with Crippen LogP contribution < -0.4 is 0 Å². The van der Waals surface area contributed by atoms with Gasteiger partial charge >= 0.3 is 43.7 Å². The first kappa shape index (κ1) is 26.0. The number of rotatable bonds is 2. The Morgan fingerprint density at radius 2 is 1.38 bits per heavy atom. The summed E-state index contributed by atoms with van der Waals surface area (Å²) < 4.78 is 15.0. The van der Waals surface area contributed by atoms with E-state index in [4.69, 9.17) is 9.30 Å². The summed E-state index contributed by atoms with van der Waals surface area (Å²) in [6, 6.07) is 0. The predicted octanol–water partition coefficient (Wildman–Crippen LogP) is 2.97. The summed E-state index contributed by atoms with van der Waals surface area (Å²) >= 11 is 0. The predicted molar refractivity (Wildman–Crippen MR) is 75.8 cm³/mol. The number of hydrogen-bond donors (Lipinski definition) is 1. The summed E-state index contributed by atoms with van der Waals surface area (Å²) in [6.45, 7) is 13.1. The maximum Gasteiger partial charge on any atom is 2.00 e. The van der Waals surface area contributed by atoms with Crippen LogP contribution in [-0.2, 0) is 30.4 Å². The molecule has 0 heterocycles. The zero-order valence-corrected chi connectivity index (χ0v) is 14.4. The summed E-state index contributed by atoms with van der Waals surface area (Å²) in [5, 5.41) is 9.69. The van der Waals surface area contributed by atoms with Crippen molar-refractivity contribution in [3.05, 3.63) is 64.7 Å². The fraction of sp³-hybridized carbons (Fsp3) is 0.412. The van der Waals surface area contributed by atoms with E-state index in [1.807, 2.05) is 32.1 Å². The zero-order valence-electron chi connectivity index (χ0n) is 12.4. The molecule has 0 aromatic carbocycles. The third-order valence-corrected chi connectivity index (χ3v) is 2.84. The van der Waals surface area contributed by atoms with Gasteiger partial charge in [0.15, 0.2) is 0 Å². The number of hydrogen-bond acceptors (Lipinski definition) is 1. The summed E-state index contributed by atoms with van der Waals surface area (Å²) in [5.41, 5.74) is 0. The van der Waals surface area contributed by atoms with E-state index in [1.54, 1.807) is 0 Å². The molecule has 2 rings (SSSR count). The zero-order chi connectivity index (χ0) is 15.8. The van der Waals surface area contributed by atoms with Crippen LogP contribution >= 0.6 is 0 Å². The first-order valence-electron chi connectivity index (χ1n) is 6.47. The van der Waals surface area contributed by atoms with Gasteiger partial charge in [0, 0.05) is 0 Å². The van der Waals surface area contributed by atoms with E-state index in [-0.39, 0.29) is 27.2 Å². The molecule has 8 radical (unpaired) electrons. The van der Waals surface area contributed by atoms with Crippen LogP contribution in [0.3, 0.4) is 0 Å². The Labute approximate surface area is 145 Å². The van der Waals surface area contributed by atoms with Crippen LogP contribution in [0.1, 0.15) is 26.7 Å². The van der Waals surface area contributed by atoms with Crippen LogP contribution in [0.5, 0.6) is 0 Å². The van der Waals surface area contributed by atoms with Crippen LogP contribution in [-0.4, -0.2) is 11.2 Å². The van der Waals surface area contributed by atoms with Crippen molar-refractivity contribution >= 4 is 0 Å². The molecular formula is C17H22MoO3+2. The summed E-state index contributed by atoms with van der Waals surface area (Å²) in [5.74, 6) is 0.766. The molecule has 112 valence electrons. The molecule has 4 heteroatoms. The Bertz CT molecular complexity index is 215. The van der Waals surface area contributed by atoms with Gasteiger partial charge in [-0.3, -0.25) is 0 Å². The Kier molecular flexibility index (Phi) is 25.0. The van der Waals surface area contributed by atoms with Crippen molar-refractivity contribution in [1.82, 2.24) is 0 Å². The fourth-order valence-electron chi connectivity index (χ4n) is 1.80. The van der Waals surface area contributed by atoms with Crippen LogP contribution in [0.4, 0.5) is 0 Å². The minimum atomic E-state index is -0.153. The van der Waals surface area contributed by atoms with Crippen LogP contribution in [0.15, 0.2) is 0 Å². The summed E-state index contributed by atoms with van der Waals surface area (Å²) in [4.78, 5) is 0. The van der Waals surface area contributed by atoms with E-state index >= 15 is 0 Å². The molecule has 21 heavy (non-hydrogen) atoms.